The Balaban J connectivity index is 1.62. The zero-order valence-electron chi connectivity index (χ0n) is 15.8. The molecular weight excluding hydrogens is 318 g/mol. The molecular formula is C20H37NO4. The summed E-state index contributed by atoms with van der Waals surface area (Å²) in [5.41, 5.74) is 0. The zero-order chi connectivity index (χ0) is 18.1. The second-order valence-corrected chi connectivity index (χ2v) is 7.90. The van der Waals surface area contributed by atoms with Crippen molar-refractivity contribution in [3.8, 4) is 0 Å². The van der Waals surface area contributed by atoms with Crippen LogP contribution < -0.4 is 5.32 Å². The lowest BCUT2D eigenvalue weighted by Gasteiger charge is -2.28. The van der Waals surface area contributed by atoms with Crippen LogP contribution >= 0.6 is 0 Å². The van der Waals surface area contributed by atoms with Gasteiger partial charge in [-0.3, -0.25) is 4.79 Å². The van der Waals surface area contributed by atoms with E-state index in [0.29, 0.717) is 37.0 Å². The Morgan fingerprint density at radius 1 is 1.12 bits per heavy atom. The number of aliphatic hydroxyl groups excluding tert-OH is 1. The number of ether oxygens (including phenoxy) is 1. The highest BCUT2D eigenvalue weighted by molar-refractivity contribution is 5.66. The maximum atomic E-state index is 10.5. The van der Waals surface area contributed by atoms with Gasteiger partial charge in [0.1, 0.15) is 0 Å². The Kier molecular flexibility index (Phi) is 9.21. The predicted octanol–water partition coefficient (Wildman–Crippen LogP) is 3.35. The third kappa shape index (κ3) is 6.87. The van der Waals surface area contributed by atoms with Crippen LogP contribution in [0.4, 0.5) is 0 Å². The number of unbranched alkanes of at least 4 members (excludes halogenated alkanes) is 3. The quantitative estimate of drug-likeness (QED) is 0.417. The largest absolute Gasteiger partial charge is 0.481 e. The number of fused-ring (bicyclic) bond motifs is 2. The maximum Gasteiger partial charge on any atom is 0.303 e. The van der Waals surface area contributed by atoms with Crippen molar-refractivity contribution in [3.63, 3.8) is 0 Å². The van der Waals surface area contributed by atoms with Gasteiger partial charge in [-0.15, -0.1) is 0 Å². The molecule has 0 aromatic rings. The number of aliphatic hydroxyl groups is 1. The van der Waals surface area contributed by atoms with Crippen molar-refractivity contribution in [1.29, 1.82) is 0 Å². The Hall–Kier alpha value is -0.650. The summed E-state index contributed by atoms with van der Waals surface area (Å²) in [6.07, 6.45) is 11.8. The average Bonchev–Trinajstić information content (AvgIpc) is 3.16. The Morgan fingerprint density at radius 2 is 1.80 bits per heavy atom. The number of hydrogen-bond acceptors (Lipinski definition) is 4. The molecule has 0 radical (unpaired) electrons. The van der Waals surface area contributed by atoms with E-state index in [-0.39, 0.29) is 6.10 Å². The van der Waals surface area contributed by atoms with E-state index in [4.69, 9.17) is 9.84 Å². The van der Waals surface area contributed by atoms with E-state index < -0.39 is 5.97 Å². The van der Waals surface area contributed by atoms with Crippen LogP contribution in [0, 0.1) is 11.8 Å². The fourth-order valence-electron chi connectivity index (χ4n) is 4.65. The number of carboxylic acid groups (broad SMARTS) is 1. The Bertz CT molecular complexity index is 390. The number of carbonyl (C=O) groups is 1. The van der Waals surface area contributed by atoms with Crippen molar-refractivity contribution in [2.45, 2.75) is 95.9 Å². The summed E-state index contributed by atoms with van der Waals surface area (Å²) < 4.78 is 6.17. The minimum absolute atomic E-state index is 0.220. The predicted molar refractivity (Wildman–Crippen MR) is 98.6 cm³/mol. The van der Waals surface area contributed by atoms with Gasteiger partial charge < -0.3 is 20.3 Å². The lowest BCUT2D eigenvalue weighted by molar-refractivity contribution is -0.137. The van der Waals surface area contributed by atoms with Crippen LogP contribution in [0.15, 0.2) is 0 Å². The third-order valence-electron chi connectivity index (χ3n) is 5.92. The van der Waals surface area contributed by atoms with Crippen molar-refractivity contribution >= 4 is 5.97 Å². The summed E-state index contributed by atoms with van der Waals surface area (Å²) in [6.45, 7) is 3.76. The SMILES string of the molecule is CCCC(O)CNCC[C@H]1[C@H](CCCCCCC(=O)O)[C@H]2CC[C@@H]1O2. The molecule has 2 aliphatic rings. The van der Waals surface area contributed by atoms with E-state index in [2.05, 4.69) is 12.2 Å². The van der Waals surface area contributed by atoms with Gasteiger partial charge in [0.05, 0.1) is 18.3 Å². The molecule has 5 nitrogen and oxygen atoms in total. The van der Waals surface area contributed by atoms with Gasteiger partial charge in [-0.05, 0) is 56.9 Å². The summed E-state index contributed by atoms with van der Waals surface area (Å²) >= 11 is 0. The van der Waals surface area contributed by atoms with Gasteiger partial charge in [0, 0.05) is 13.0 Å². The van der Waals surface area contributed by atoms with Gasteiger partial charge in [0.15, 0.2) is 0 Å². The molecule has 0 aromatic carbocycles. The first-order valence-corrected chi connectivity index (χ1v) is 10.4. The molecule has 25 heavy (non-hydrogen) atoms. The van der Waals surface area contributed by atoms with Crippen molar-refractivity contribution in [2.24, 2.45) is 11.8 Å². The average molecular weight is 356 g/mol. The molecule has 2 bridgehead atoms. The molecule has 3 N–H and O–H groups in total. The maximum absolute atomic E-state index is 10.5. The van der Waals surface area contributed by atoms with Crippen LogP contribution in [-0.2, 0) is 9.53 Å². The first-order valence-electron chi connectivity index (χ1n) is 10.4. The molecule has 0 saturated carbocycles. The molecule has 146 valence electrons. The van der Waals surface area contributed by atoms with E-state index in [1.807, 2.05) is 0 Å². The molecule has 2 heterocycles. The van der Waals surface area contributed by atoms with Gasteiger partial charge in [0.25, 0.3) is 0 Å². The molecule has 2 aliphatic heterocycles. The minimum atomic E-state index is -0.682. The van der Waals surface area contributed by atoms with E-state index in [1.165, 1.54) is 25.7 Å². The highest BCUT2D eigenvalue weighted by Crippen LogP contribution is 2.46. The lowest BCUT2D eigenvalue weighted by Crippen LogP contribution is -2.33. The number of hydrogen-bond donors (Lipinski definition) is 3. The van der Waals surface area contributed by atoms with E-state index >= 15 is 0 Å². The molecule has 0 aromatic heterocycles. The normalized spacial score (nSPS) is 29.2. The van der Waals surface area contributed by atoms with Crippen molar-refractivity contribution < 1.29 is 19.7 Å². The number of rotatable bonds is 14. The van der Waals surface area contributed by atoms with Crippen LogP contribution in [0.25, 0.3) is 0 Å². The summed E-state index contributed by atoms with van der Waals surface area (Å²) in [6, 6.07) is 0. The van der Waals surface area contributed by atoms with Crippen LogP contribution in [0.1, 0.15) is 77.6 Å². The third-order valence-corrected chi connectivity index (χ3v) is 5.92. The van der Waals surface area contributed by atoms with Crippen LogP contribution in [0.2, 0.25) is 0 Å². The van der Waals surface area contributed by atoms with E-state index in [0.717, 1.165) is 45.1 Å². The lowest BCUT2D eigenvalue weighted by atomic mass is 9.75. The fourth-order valence-corrected chi connectivity index (χ4v) is 4.65. The van der Waals surface area contributed by atoms with E-state index in [9.17, 15) is 9.90 Å². The molecule has 2 fully saturated rings. The number of carboxylic acids is 1. The second-order valence-electron chi connectivity index (χ2n) is 7.90. The van der Waals surface area contributed by atoms with E-state index in [1.54, 1.807) is 0 Å². The van der Waals surface area contributed by atoms with Gasteiger partial charge in [-0.2, -0.15) is 0 Å². The summed E-state index contributed by atoms with van der Waals surface area (Å²) in [4.78, 5) is 10.5. The molecule has 0 aliphatic carbocycles. The summed E-state index contributed by atoms with van der Waals surface area (Å²) in [5.74, 6) is 0.660. The molecule has 2 saturated heterocycles. The molecule has 5 atom stereocenters. The van der Waals surface area contributed by atoms with Crippen molar-refractivity contribution in [1.82, 2.24) is 5.32 Å². The Morgan fingerprint density at radius 3 is 2.48 bits per heavy atom. The zero-order valence-corrected chi connectivity index (χ0v) is 15.8. The first-order chi connectivity index (χ1) is 12.1. The summed E-state index contributed by atoms with van der Waals surface area (Å²) in [5, 5.41) is 21.9. The highest BCUT2D eigenvalue weighted by atomic mass is 16.5. The van der Waals surface area contributed by atoms with Gasteiger partial charge in [-0.1, -0.05) is 32.6 Å². The minimum Gasteiger partial charge on any atom is -0.481 e. The second kappa shape index (κ2) is 11.1. The van der Waals surface area contributed by atoms with Crippen molar-refractivity contribution in [3.05, 3.63) is 0 Å². The Labute approximate surface area is 152 Å². The van der Waals surface area contributed by atoms with Crippen LogP contribution in [-0.4, -0.2) is 47.6 Å². The smallest absolute Gasteiger partial charge is 0.303 e. The van der Waals surface area contributed by atoms with Gasteiger partial charge >= 0.3 is 5.97 Å². The molecule has 0 spiro atoms. The van der Waals surface area contributed by atoms with Gasteiger partial charge in [-0.25, -0.2) is 0 Å². The highest BCUT2D eigenvalue weighted by Gasteiger charge is 2.47. The van der Waals surface area contributed by atoms with Crippen LogP contribution in [0.5, 0.6) is 0 Å². The van der Waals surface area contributed by atoms with Crippen LogP contribution in [0.3, 0.4) is 0 Å². The molecule has 1 unspecified atom stereocenters. The topological polar surface area (TPSA) is 78.8 Å². The molecule has 0 amide bonds. The standard InChI is InChI=1S/C20H37NO4/c1-2-7-15(22)14-21-13-12-17-16(18-10-11-19(17)25-18)8-5-3-4-6-9-20(23)24/h15-19,21-22H,2-14H2,1H3,(H,23,24)/t15?,16-,17-,18+,19-/m0/s1. The molecule has 2 rings (SSSR count). The molecule has 5 heteroatoms. The monoisotopic (exact) mass is 355 g/mol. The summed E-state index contributed by atoms with van der Waals surface area (Å²) in [7, 11) is 0. The first kappa shape index (κ1) is 20.7. The number of aliphatic carboxylic acids is 1. The fraction of sp³-hybridized carbons (Fsp3) is 0.950. The number of nitrogens with one attached hydrogen (secondary N) is 1. The van der Waals surface area contributed by atoms with Gasteiger partial charge in [0.2, 0.25) is 0 Å². The van der Waals surface area contributed by atoms with Crippen molar-refractivity contribution in [2.75, 3.05) is 13.1 Å².